The van der Waals surface area contributed by atoms with E-state index < -0.39 is 0 Å². The maximum atomic E-state index is 12.4. The van der Waals surface area contributed by atoms with Crippen LogP contribution in [0.3, 0.4) is 0 Å². The first-order valence-corrected chi connectivity index (χ1v) is 7.63. The van der Waals surface area contributed by atoms with E-state index in [0.29, 0.717) is 0 Å². The Morgan fingerprint density at radius 1 is 1.50 bits per heavy atom. The smallest absolute Gasteiger partial charge is 0.263 e. The number of fused-ring (bicyclic) bond motifs is 1. The zero-order valence-corrected chi connectivity index (χ0v) is 12.8. The average Bonchev–Trinajstić information content (AvgIpc) is 2.94. The normalized spacial score (nSPS) is 17.9. The Labute approximate surface area is 122 Å². The first-order chi connectivity index (χ1) is 9.56. The zero-order valence-electron chi connectivity index (χ0n) is 11.9. The number of thiazole rings is 1. The molecule has 5 nitrogen and oxygen atoms in total. The van der Waals surface area contributed by atoms with E-state index in [4.69, 9.17) is 0 Å². The number of nitrogens with zero attached hydrogens (tertiary/aromatic N) is 3. The molecule has 0 radical (unpaired) electrons. The van der Waals surface area contributed by atoms with Crippen molar-refractivity contribution in [2.24, 2.45) is 7.05 Å². The van der Waals surface area contributed by atoms with Crippen molar-refractivity contribution in [3.63, 3.8) is 0 Å². The highest BCUT2D eigenvalue weighted by Gasteiger charge is 2.26. The molecule has 1 aliphatic carbocycles. The van der Waals surface area contributed by atoms with Crippen LogP contribution in [0.4, 0.5) is 0 Å². The maximum Gasteiger partial charge on any atom is 0.263 e. The summed E-state index contributed by atoms with van der Waals surface area (Å²) in [5.41, 5.74) is 3.21. The van der Waals surface area contributed by atoms with Crippen molar-refractivity contribution >= 4 is 17.2 Å². The van der Waals surface area contributed by atoms with Crippen LogP contribution < -0.4 is 5.32 Å². The maximum absolute atomic E-state index is 12.4. The monoisotopic (exact) mass is 290 g/mol. The summed E-state index contributed by atoms with van der Waals surface area (Å²) in [4.78, 5) is 17.4. The third kappa shape index (κ3) is 2.24. The van der Waals surface area contributed by atoms with Gasteiger partial charge in [0.1, 0.15) is 4.88 Å². The molecule has 6 heteroatoms. The third-order valence-electron chi connectivity index (χ3n) is 3.79. The summed E-state index contributed by atoms with van der Waals surface area (Å²) in [5, 5.41) is 8.37. The van der Waals surface area contributed by atoms with Gasteiger partial charge in [-0.05, 0) is 33.1 Å². The van der Waals surface area contributed by atoms with Gasteiger partial charge in [0.15, 0.2) is 0 Å². The highest BCUT2D eigenvalue weighted by atomic mass is 32.1. The number of rotatable bonds is 2. The van der Waals surface area contributed by atoms with Crippen molar-refractivity contribution in [3.8, 4) is 0 Å². The molecule has 0 unspecified atom stereocenters. The molecule has 0 saturated heterocycles. The minimum atomic E-state index is -0.0187. The largest absolute Gasteiger partial charge is 0.344 e. The molecule has 3 rings (SSSR count). The molecule has 1 aliphatic rings. The molecular weight excluding hydrogens is 272 g/mol. The highest BCUT2D eigenvalue weighted by Crippen LogP contribution is 2.30. The summed E-state index contributed by atoms with van der Waals surface area (Å²) in [6.45, 7) is 3.81. The Kier molecular flexibility index (Phi) is 3.33. The lowest BCUT2D eigenvalue weighted by Gasteiger charge is -2.23. The summed E-state index contributed by atoms with van der Waals surface area (Å²) in [6.07, 6.45) is 4.97. The molecule has 2 heterocycles. The number of hydrogen-bond acceptors (Lipinski definition) is 4. The Hall–Kier alpha value is -1.69. The van der Waals surface area contributed by atoms with Gasteiger partial charge >= 0.3 is 0 Å². The number of aryl methyl sites for hydroxylation is 3. The van der Waals surface area contributed by atoms with Crippen molar-refractivity contribution < 1.29 is 4.79 Å². The van der Waals surface area contributed by atoms with Crippen molar-refractivity contribution in [1.29, 1.82) is 0 Å². The van der Waals surface area contributed by atoms with E-state index in [1.54, 1.807) is 0 Å². The fraction of sp³-hybridized carbons (Fsp3) is 0.500. The first-order valence-electron chi connectivity index (χ1n) is 6.82. The van der Waals surface area contributed by atoms with Crippen LogP contribution in [0.5, 0.6) is 0 Å². The van der Waals surface area contributed by atoms with Crippen molar-refractivity contribution in [2.45, 2.75) is 39.2 Å². The molecule has 2 aromatic heterocycles. The fourth-order valence-electron chi connectivity index (χ4n) is 2.82. The molecule has 2 aromatic rings. The molecule has 1 amide bonds. The topological polar surface area (TPSA) is 59.8 Å². The standard InChI is InChI=1S/C14H18N4OS/c1-8-13(20-9(2)16-8)14(19)17-11-5-4-6-12-10(11)7-15-18(12)3/h7,11H,4-6H2,1-3H3,(H,17,19)/t11-/m0/s1. The second-order valence-electron chi connectivity index (χ2n) is 5.24. The van der Waals surface area contributed by atoms with Gasteiger partial charge in [-0.15, -0.1) is 11.3 Å². The summed E-state index contributed by atoms with van der Waals surface area (Å²) in [7, 11) is 1.96. The molecule has 20 heavy (non-hydrogen) atoms. The Morgan fingerprint density at radius 2 is 2.30 bits per heavy atom. The fourth-order valence-corrected chi connectivity index (χ4v) is 3.64. The SMILES string of the molecule is Cc1nc(C)c(C(=O)N[C@H]2CCCc3c2cnn3C)s1. The Morgan fingerprint density at radius 3 is 3.00 bits per heavy atom. The van der Waals surface area contributed by atoms with E-state index in [-0.39, 0.29) is 11.9 Å². The predicted octanol–water partition coefficient (Wildman–Crippen LogP) is 2.30. The van der Waals surface area contributed by atoms with Gasteiger partial charge in [-0.25, -0.2) is 4.98 Å². The molecule has 0 saturated carbocycles. The molecule has 1 atom stereocenters. The third-order valence-corrected chi connectivity index (χ3v) is 4.86. The molecule has 1 N–H and O–H groups in total. The molecule has 0 bridgehead atoms. The van der Waals surface area contributed by atoms with Crippen LogP contribution in [0.25, 0.3) is 0 Å². The van der Waals surface area contributed by atoms with Gasteiger partial charge in [0, 0.05) is 18.3 Å². The van der Waals surface area contributed by atoms with Crippen LogP contribution in [0, 0.1) is 13.8 Å². The molecule has 0 aromatic carbocycles. The van der Waals surface area contributed by atoms with E-state index >= 15 is 0 Å². The van der Waals surface area contributed by atoms with Crippen molar-refractivity contribution in [3.05, 3.63) is 33.0 Å². The van der Waals surface area contributed by atoms with Gasteiger partial charge in [0.05, 0.1) is 22.9 Å². The Bertz CT molecular complexity index is 658. The minimum Gasteiger partial charge on any atom is -0.344 e. The van der Waals surface area contributed by atoms with Gasteiger partial charge in [-0.1, -0.05) is 0 Å². The van der Waals surface area contributed by atoms with Gasteiger partial charge in [-0.3, -0.25) is 9.48 Å². The molecule has 0 aliphatic heterocycles. The van der Waals surface area contributed by atoms with Crippen LogP contribution in [0.2, 0.25) is 0 Å². The van der Waals surface area contributed by atoms with E-state index in [1.807, 2.05) is 31.8 Å². The zero-order chi connectivity index (χ0) is 14.3. The Balaban J connectivity index is 1.82. The second-order valence-corrected chi connectivity index (χ2v) is 6.44. The number of amides is 1. The summed E-state index contributed by atoms with van der Waals surface area (Å²) in [6, 6.07) is 0.0711. The number of nitrogens with one attached hydrogen (secondary N) is 1. The molecule has 0 fully saturated rings. The van der Waals surface area contributed by atoms with Crippen LogP contribution in [0.15, 0.2) is 6.20 Å². The number of carbonyl (C=O) groups is 1. The average molecular weight is 290 g/mol. The minimum absolute atomic E-state index is 0.0187. The molecule has 0 spiro atoms. The van der Waals surface area contributed by atoms with Crippen LogP contribution >= 0.6 is 11.3 Å². The molecule has 106 valence electrons. The number of hydrogen-bond donors (Lipinski definition) is 1. The predicted molar refractivity (Wildman–Crippen MR) is 77.9 cm³/mol. The lowest BCUT2D eigenvalue weighted by molar-refractivity contribution is 0.0936. The van der Waals surface area contributed by atoms with Crippen LogP contribution in [-0.2, 0) is 13.5 Å². The number of aromatic nitrogens is 3. The lowest BCUT2D eigenvalue weighted by Crippen LogP contribution is -2.30. The number of carbonyl (C=O) groups excluding carboxylic acids is 1. The lowest BCUT2D eigenvalue weighted by atomic mass is 9.93. The quantitative estimate of drug-likeness (QED) is 0.923. The van der Waals surface area contributed by atoms with E-state index in [2.05, 4.69) is 15.4 Å². The summed E-state index contributed by atoms with van der Waals surface area (Å²) in [5.74, 6) is -0.0187. The summed E-state index contributed by atoms with van der Waals surface area (Å²) >= 11 is 1.45. The van der Waals surface area contributed by atoms with Crippen molar-refractivity contribution in [1.82, 2.24) is 20.1 Å². The van der Waals surface area contributed by atoms with E-state index in [1.165, 1.54) is 17.0 Å². The van der Waals surface area contributed by atoms with Crippen LogP contribution in [-0.4, -0.2) is 20.7 Å². The highest BCUT2D eigenvalue weighted by molar-refractivity contribution is 7.13. The van der Waals surface area contributed by atoms with E-state index in [0.717, 1.165) is 40.4 Å². The summed E-state index contributed by atoms with van der Waals surface area (Å²) < 4.78 is 1.91. The molecular formula is C14H18N4OS. The van der Waals surface area contributed by atoms with Gasteiger partial charge in [0.25, 0.3) is 5.91 Å². The van der Waals surface area contributed by atoms with Crippen molar-refractivity contribution in [2.75, 3.05) is 0 Å². The second kappa shape index (κ2) is 5.01. The van der Waals surface area contributed by atoms with Gasteiger partial charge in [-0.2, -0.15) is 5.10 Å². The van der Waals surface area contributed by atoms with E-state index in [9.17, 15) is 4.79 Å². The van der Waals surface area contributed by atoms with Crippen LogP contribution in [0.1, 0.15) is 50.5 Å². The van der Waals surface area contributed by atoms with Gasteiger partial charge < -0.3 is 5.32 Å². The first kappa shape index (κ1) is 13.3. The van der Waals surface area contributed by atoms with Gasteiger partial charge in [0.2, 0.25) is 0 Å².